The van der Waals surface area contributed by atoms with Gasteiger partial charge in [0.25, 0.3) is 0 Å². The van der Waals surface area contributed by atoms with Gasteiger partial charge in [0.15, 0.2) is 0 Å². The van der Waals surface area contributed by atoms with Gasteiger partial charge in [0, 0.05) is 31.1 Å². The summed E-state index contributed by atoms with van der Waals surface area (Å²) >= 11 is 0. The Morgan fingerprint density at radius 2 is 2.07 bits per heavy atom. The Morgan fingerprint density at radius 3 is 2.93 bits per heavy atom. The molecular weight excluding hydrogens is 190 g/mol. The van der Waals surface area contributed by atoms with Crippen LogP contribution in [0, 0.1) is 0 Å². The van der Waals surface area contributed by atoms with Crippen molar-refractivity contribution < 1.29 is 0 Å². The molecule has 0 aromatic carbocycles. The first-order valence-electron chi connectivity index (χ1n) is 4.96. The number of aromatic nitrogens is 4. The first kappa shape index (κ1) is 8.40. The van der Waals surface area contributed by atoms with E-state index in [1.54, 1.807) is 18.7 Å². The van der Waals surface area contributed by atoms with Crippen LogP contribution in [0.15, 0.2) is 24.8 Å². The van der Waals surface area contributed by atoms with E-state index in [1.807, 2.05) is 6.07 Å². The predicted molar refractivity (Wildman–Crippen MR) is 55.4 cm³/mol. The zero-order chi connectivity index (χ0) is 10.1. The van der Waals surface area contributed by atoms with Crippen LogP contribution in [0.5, 0.6) is 0 Å². The third-order valence-corrected chi connectivity index (χ3v) is 2.61. The van der Waals surface area contributed by atoms with Crippen LogP contribution in [0.25, 0.3) is 0 Å². The molecule has 1 aliphatic rings. The van der Waals surface area contributed by atoms with Crippen molar-refractivity contribution >= 4 is 5.95 Å². The number of H-pyrrole nitrogens is 1. The smallest absolute Gasteiger partial charge is 0.225 e. The number of imidazole rings is 1. The van der Waals surface area contributed by atoms with Crippen molar-refractivity contribution in [1.82, 2.24) is 19.9 Å². The Labute approximate surface area is 87.2 Å². The van der Waals surface area contributed by atoms with Gasteiger partial charge in [-0.1, -0.05) is 0 Å². The highest BCUT2D eigenvalue weighted by Crippen LogP contribution is 2.18. The van der Waals surface area contributed by atoms with Crippen LogP contribution in [0.3, 0.4) is 0 Å². The average molecular weight is 201 g/mol. The molecule has 0 amide bonds. The maximum Gasteiger partial charge on any atom is 0.225 e. The maximum atomic E-state index is 4.28. The monoisotopic (exact) mass is 201 g/mol. The van der Waals surface area contributed by atoms with Crippen molar-refractivity contribution in [2.45, 2.75) is 13.0 Å². The fraction of sp³-hybridized carbons (Fsp3) is 0.300. The van der Waals surface area contributed by atoms with Gasteiger partial charge in [-0.25, -0.2) is 15.0 Å². The minimum Gasteiger partial charge on any atom is -0.348 e. The third-order valence-electron chi connectivity index (χ3n) is 2.61. The standard InChI is InChI=1S/C10H11N5/c1-3-11-10(12-4-1)15-5-2-8-9(6-15)14-7-13-8/h1,3-4,7H,2,5-6H2,(H,13,14). The van der Waals surface area contributed by atoms with Gasteiger partial charge in [-0.3, -0.25) is 0 Å². The molecule has 0 atom stereocenters. The molecule has 76 valence electrons. The van der Waals surface area contributed by atoms with Crippen LogP contribution in [0.2, 0.25) is 0 Å². The Balaban J connectivity index is 1.88. The maximum absolute atomic E-state index is 4.28. The second-order valence-electron chi connectivity index (χ2n) is 3.55. The van der Waals surface area contributed by atoms with Crippen LogP contribution in [-0.4, -0.2) is 26.5 Å². The van der Waals surface area contributed by atoms with E-state index >= 15 is 0 Å². The van der Waals surface area contributed by atoms with Crippen molar-refractivity contribution in [1.29, 1.82) is 0 Å². The number of fused-ring (bicyclic) bond motifs is 1. The Kier molecular flexibility index (Phi) is 1.87. The van der Waals surface area contributed by atoms with Crippen LogP contribution < -0.4 is 4.90 Å². The summed E-state index contributed by atoms with van der Waals surface area (Å²) in [6.07, 6.45) is 6.26. The Morgan fingerprint density at radius 1 is 1.20 bits per heavy atom. The minimum absolute atomic E-state index is 0.783. The minimum atomic E-state index is 0.783. The number of nitrogens with zero attached hydrogens (tertiary/aromatic N) is 4. The molecule has 2 aromatic heterocycles. The average Bonchev–Trinajstić information content (AvgIpc) is 2.77. The second-order valence-corrected chi connectivity index (χ2v) is 3.55. The number of anilines is 1. The lowest BCUT2D eigenvalue weighted by Crippen LogP contribution is -2.31. The lowest BCUT2D eigenvalue weighted by atomic mass is 10.1. The Bertz CT molecular complexity index is 450. The Hall–Kier alpha value is -1.91. The van der Waals surface area contributed by atoms with Crippen molar-refractivity contribution in [3.05, 3.63) is 36.2 Å². The zero-order valence-electron chi connectivity index (χ0n) is 8.22. The molecule has 0 saturated heterocycles. The zero-order valence-corrected chi connectivity index (χ0v) is 8.22. The molecule has 1 aliphatic heterocycles. The third kappa shape index (κ3) is 1.45. The van der Waals surface area contributed by atoms with Crippen LogP contribution in [-0.2, 0) is 13.0 Å². The quantitative estimate of drug-likeness (QED) is 0.740. The number of nitrogens with one attached hydrogen (secondary N) is 1. The molecule has 5 nitrogen and oxygen atoms in total. The van der Waals surface area contributed by atoms with Gasteiger partial charge in [0.1, 0.15) is 0 Å². The molecule has 1 N–H and O–H groups in total. The highest BCUT2D eigenvalue weighted by Gasteiger charge is 2.19. The molecule has 2 aromatic rings. The number of hydrogen-bond acceptors (Lipinski definition) is 4. The summed E-state index contributed by atoms with van der Waals surface area (Å²) < 4.78 is 0. The summed E-state index contributed by atoms with van der Waals surface area (Å²) in [6, 6.07) is 1.83. The van der Waals surface area contributed by atoms with E-state index < -0.39 is 0 Å². The number of rotatable bonds is 1. The van der Waals surface area contributed by atoms with Crippen LogP contribution in [0.1, 0.15) is 11.4 Å². The number of hydrogen-bond donors (Lipinski definition) is 1. The summed E-state index contributed by atoms with van der Waals surface area (Å²) in [5.74, 6) is 0.783. The van der Waals surface area contributed by atoms with E-state index in [-0.39, 0.29) is 0 Å². The van der Waals surface area contributed by atoms with Crippen molar-refractivity contribution in [2.24, 2.45) is 0 Å². The van der Waals surface area contributed by atoms with Crippen LogP contribution >= 0.6 is 0 Å². The van der Waals surface area contributed by atoms with E-state index in [0.29, 0.717) is 0 Å². The molecule has 5 heteroatoms. The fourth-order valence-corrected chi connectivity index (χ4v) is 1.83. The van der Waals surface area contributed by atoms with E-state index in [9.17, 15) is 0 Å². The van der Waals surface area contributed by atoms with Crippen molar-refractivity contribution in [2.75, 3.05) is 11.4 Å². The lowest BCUT2D eigenvalue weighted by molar-refractivity contribution is 0.689. The summed E-state index contributed by atoms with van der Waals surface area (Å²) in [5.41, 5.74) is 2.34. The number of aromatic amines is 1. The molecular formula is C10H11N5. The SMILES string of the molecule is c1cnc(N2CCc3[nH]cnc3C2)nc1. The highest BCUT2D eigenvalue weighted by atomic mass is 15.3. The summed E-state index contributed by atoms with van der Waals surface area (Å²) in [5, 5.41) is 0. The molecule has 0 bridgehead atoms. The van der Waals surface area contributed by atoms with E-state index in [0.717, 1.165) is 31.2 Å². The molecule has 0 unspecified atom stereocenters. The summed E-state index contributed by atoms with van der Waals surface area (Å²) in [4.78, 5) is 18.0. The second kappa shape index (κ2) is 3.34. The van der Waals surface area contributed by atoms with Gasteiger partial charge >= 0.3 is 0 Å². The largest absolute Gasteiger partial charge is 0.348 e. The van der Waals surface area contributed by atoms with E-state index in [4.69, 9.17) is 0 Å². The van der Waals surface area contributed by atoms with Gasteiger partial charge in [-0.05, 0) is 6.07 Å². The molecule has 3 heterocycles. The lowest BCUT2D eigenvalue weighted by Gasteiger charge is -2.25. The molecule has 0 fully saturated rings. The van der Waals surface area contributed by atoms with Gasteiger partial charge in [0.2, 0.25) is 5.95 Å². The first-order chi connectivity index (χ1) is 7.43. The molecule has 3 rings (SSSR count). The summed E-state index contributed by atoms with van der Waals surface area (Å²) in [7, 11) is 0. The molecule has 0 spiro atoms. The molecule has 15 heavy (non-hydrogen) atoms. The van der Waals surface area contributed by atoms with Gasteiger partial charge in [0.05, 0.1) is 18.6 Å². The molecule has 0 aliphatic carbocycles. The summed E-state index contributed by atoms with van der Waals surface area (Å²) in [6.45, 7) is 1.74. The van der Waals surface area contributed by atoms with E-state index in [2.05, 4.69) is 24.8 Å². The van der Waals surface area contributed by atoms with Gasteiger partial charge in [-0.2, -0.15) is 0 Å². The predicted octanol–water partition coefficient (Wildman–Crippen LogP) is 0.762. The molecule has 0 radical (unpaired) electrons. The van der Waals surface area contributed by atoms with Gasteiger partial charge in [-0.15, -0.1) is 0 Å². The van der Waals surface area contributed by atoms with Crippen molar-refractivity contribution in [3.63, 3.8) is 0 Å². The van der Waals surface area contributed by atoms with Crippen LogP contribution in [0.4, 0.5) is 5.95 Å². The van der Waals surface area contributed by atoms with Gasteiger partial charge < -0.3 is 9.88 Å². The normalized spacial score (nSPS) is 15.1. The fourth-order valence-electron chi connectivity index (χ4n) is 1.83. The highest BCUT2D eigenvalue weighted by molar-refractivity contribution is 5.34. The van der Waals surface area contributed by atoms with Crippen molar-refractivity contribution in [3.8, 4) is 0 Å². The molecule has 0 saturated carbocycles. The first-order valence-corrected chi connectivity index (χ1v) is 4.96. The van der Waals surface area contributed by atoms with E-state index in [1.165, 1.54) is 5.69 Å². The topological polar surface area (TPSA) is 57.7 Å².